The fourth-order valence-electron chi connectivity index (χ4n) is 10.1. The highest BCUT2D eigenvalue weighted by atomic mass is 31.2. The van der Waals surface area contributed by atoms with Gasteiger partial charge in [0.25, 0.3) is 5.79 Å². The van der Waals surface area contributed by atoms with Crippen LogP contribution in [0.1, 0.15) is 240 Å². The Labute approximate surface area is 502 Å². The molecule has 2 N–H and O–H groups in total. The number of hydrogen-bond acceptors (Lipinski definition) is 18. The zero-order valence-corrected chi connectivity index (χ0v) is 53.2. The second kappa shape index (κ2) is 47.1. The Kier molecular flexibility index (Phi) is 42.7. The summed E-state index contributed by atoms with van der Waals surface area (Å²) in [6.07, 6.45) is 26.3. The Morgan fingerprint density at radius 2 is 1.08 bits per heavy atom. The van der Waals surface area contributed by atoms with Gasteiger partial charge in [0.2, 0.25) is 5.91 Å². The lowest BCUT2D eigenvalue weighted by atomic mass is 9.88. The molecule has 0 spiro atoms. The van der Waals surface area contributed by atoms with Gasteiger partial charge in [-0.15, -0.1) is 0 Å². The van der Waals surface area contributed by atoms with Gasteiger partial charge < -0.3 is 52.8 Å². The first-order chi connectivity index (χ1) is 40.4. The summed E-state index contributed by atoms with van der Waals surface area (Å²) in [4.78, 5) is 88.4. The third-order valence-electron chi connectivity index (χ3n) is 14.4. The average Bonchev–Trinajstić information content (AvgIpc) is 1.57. The fraction of sp³-hybridized carbons (Fsp3) is 0.810. The maximum Gasteiger partial charge on any atom is 0.472 e. The Balaban J connectivity index is 2.21. The van der Waals surface area contributed by atoms with Crippen molar-refractivity contribution in [2.24, 2.45) is 0 Å². The summed E-state index contributed by atoms with van der Waals surface area (Å²) in [5, 5.41) is 2.62. The van der Waals surface area contributed by atoms with E-state index in [1.807, 2.05) is 0 Å². The quantitative estimate of drug-likeness (QED) is 0.0266. The first kappa shape index (κ1) is 76.1. The van der Waals surface area contributed by atoms with Gasteiger partial charge in [0.15, 0.2) is 12.2 Å². The van der Waals surface area contributed by atoms with E-state index in [1.54, 1.807) is 30.3 Å². The molecule has 2 unspecified atom stereocenters. The van der Waals surface area contributed by atoms with Crippen LogP contribution in [0.2, 0.25) is 0 Å². The summed E-state index contributed by atoms with van der Waals surface area (Å²) in [6, 6.07) is 7.12. The summed E-state index contributed by atoms with van der Waals surface area (Å²) in [5.41, 5.74) is 0.555. The second-order valence-corrected chi connectivity index (χ2v) is 23.7. The lowest BCUT2D eigenvalue weighted by Crippen LogP contribution is -2.69. The Hall–Kier alpha value is -4.01. The largest absolute Gasteiger partial charge is 0.472 e. The molecule has 1 aromatic carbocycles. The highest BCUT2D eigenvalue weighted by molar-refractivity contribution is 7.47. The zero-order chi connectivity index (χ0) is 61.7. The molecule has 484 valence electrons. The van der Waals surface area contributed by atoms with Crippen LogP contribution in [0.3, 0.4) is 0 Å². The van der Waals surface area contributed by atoms with Gasteiger partial charge in [-0.3, -0.25) is 33.0 Å². The van der Waals surface area contributed by atoms with Crippen LogP contribution in [0.25, 0.3) is 0 Å². The van der Waals surface area contributed by atoms with Crippen LogP contribution in [0, 0.1) is 0 Å². The summed E-state index contributed by atoms with van der Waals surface area (Å²) in [7, 11) is -4.85. The van der Waals surface area contributed by atoms with E-state index in [2.05, 4.69) is 19.2 Å². The molecule has 1 fully saturated rings. The molecule has 0 aromatic heterocycles. The molecular formula is C63H108NO19P. The van der Waals surface area contributed by atoms with Crippen molar-refractivity contribution in [3.63, 3.8) is 0 Å². The minimum atomic E-state index is -4.85. The molecule has 8 atom stereocenters. The maximum absolute atomic E-state index is 14.5. The van der Waals surface area contributed by atoms with E-state index in [0.717, 1.165) is 79.6 Å². The molecule has 20 nitrogen and oxygen atoms in total. The molecule has 1 aliphatic rings. The van der Waals surface area contributed by atoms with Crippen LogP contribution >= 0.6 is 7.82 Å². The number of phosphoric ester groups is 1. The van der Waals surface area contributed by atoms with E-state index >= 15 is 0 Å². The number of carbonyl (C=O) groups excluding carboxylic acids is 6. The average molecular weight is 1210 g/mol. The van der Waals surface area contributed by atoms with Gasteiger partial charge in [0.05, 0.1) is 38.9 Å². The van der Waals surface area contributed by atoms with E-state index in [1.165, 1.54) is 135 Å². The molecule has 1 amide bonds. The second-order valence-electron chi connectivity index (χ2n) is 22.2. The number of benzene rings is 1. The van der Waals surface area contributed by atoms with Crippen molar-refractivity contribution in [3.05, 3.63) is 35.9 Å². The van der Waals surface area contributed by atoms with Gasteiger partial charge in [-0.25, -0.2) is 9.36 Å². The number of nitrogens with one attached hydrogen (secondary N) is 1. The van der Waals surface area contributed by atoms with Crippen LogP contribution in [0.4, 0.5) is 0 Å². The number of hydrogen-bond donors (Lipinski definition) is 2. The third kappa shape index (κ3) is 36.9. The normalized spacial score (nSPS) is 18.6. The Morgan fingerprint density at radius 1 is 0.583 bits per heavy atom. The van der Waals surface area contributed by atoms with E-state index in [4.69, 9.17) is 51.7 Å². The zero-order valence-electron chi connectivity index (χ0n) is 52.3. The minimum Gasteiger partial charge on any atom is -0.462 e. The van der Waals surface area contributed by atoms with Gasteiger partial charge >= 0.3 is 37.7 Å². The SMILES string of the molecule is CCCCCCCCCCCCCCCCOCC(COP(=O)(O)OCCO[C@]1(C(=O)OCc2ccccc2)C[C@H](OC(C)=O)[C@@H](NC(C)=O)[C@H]([C@H](OC(C)=O)[C@@H](COC(C)=O)OC(C)=O)O1)OCCCCCCCCCCCCCCCC. The Morgan fingerprint density at radius 3 is 1.56 bits per heavy atom. The molecule has 0 saturated carbocycles. The number of rotatable bonds is 52. The maximum atomic E-state index is 14.5. The first-order valence-electron chi connectivity index (χ1n) is 31.7. The van der Waals surface area contributed by atoms with Crippen LogP contribution in [0.5, 0.6) is 0 Å². The number of unbranched alkanes of at least 4 members (excludes halogenated alkanes) is 26. The van der Waals surface area contributed by atoms with E-state index in [-0.39, 0.29) is 19.8 Å². The fourth-order valence-corrected chi connectivity index (χ4v) is 10.8. The monoisotopic (exact) mass is 1210 g/mol. The highest BCUT2D eigenvalue weighted by Gasteiger charge is 2.59. The van der Waals surface area contributed by atoms with Gasteiger partial charge in [-0.2, -0.15) is 0 Å². The third-order valence-corrected chi connectivity index (χ3v) is 15.4. The molecular weight excluding hydrogens is 1110 g/mol. The van der Waals surface area contributed by atoms with Crippen LogP contribution in [-0.2, 0) is 91.6 Å². The molecule has 1 aromatic rings. The number of esters is 5. The van der Waals surface area contributed by atoms with Crippen LogP contribution in [0.15, 0.2) is 30.3 Å². The molecule has 2 rings (SSSR count). The molecule has 1 aliphatic heterocycles. The molecule has 1 saturated heterocycles. The van der Waals surface area contributed by atoms with Gasteiger partial charge in [0, 0.05) is 47.8 Å². The predicted octanol–water partition coefficient (Wildman–Crippen LogP) is 12.6. The Bertz CT molecular complexity index is 1980. The molecule has 21 heteroatoms. The summed E-state index contributed by atoms with van der Waals surface area (Å²) >= 11 is 0. The summed E-state index contributed by atoms with van der Waals surface area (Å²) in [6.45, 7) is 8.21. The van der Waals surface area contributed by atoms with Crippen molar-refractivity contribution < 1.29 is 89.9 Å². The van der Waals surface area contributed by atoms with Crippen molar-refractivity contribution in [2.75, 3.05) is 46.2 Å². The number of ether oxygens (including phenoxy) is 9. The molecule has 0 bridgehead atoms. The molecule has 84 heavy (non-hydrogen) atoms. The van der Waals surface area contributed by atoms with E-state index < -0.39 is 112 Å². The highest BCUT2D eigenvalue weighted by Crippen LogP contribution is 2.44. The summed E-state index contributed by atoms with van der Waals surface area (Å²) in [5.74, 6) is -8.01. The van der Waals surface area contributed by atoms with Crippen LogP contribution < -0.4 is 5.32 Å². The van der Waals surface area contributed by atoms with Crippen molar-refractivity contribution in [3.8, 4) is 0 Å². The van der Waals surface area contributed by atoms with E-state index in [0.29, 0.717) is 18.8 Å². The molecule has 0 radical (unpaired) electrons. The topological polar surface area (TPSA) is 253 Å². The van der Waals surface area contributed by atoms with Crippen molar-refractivity contribution in [2.45, 2.75) is 284 Å². The molecule has 1 heterocycles. The van der Waals surface area contributed by atoms with Crippen molar-refractivity contribution >= 4 is 43.6 Å². The van der Waals surface area contributed by atoms with Crippen LogP contribution in [-0.4, -0.2) is 129 Å². The molecule has 0 aliphatic carbocycles. The standard InChI is InChI=1S/C63H108NO19P/c1-8-10-12-14-16-18-20-22-24-26-28-30-32-37-41-73-47-56(74-42-38-33-31-29-27-25-23-21-19-17-15-13-11-9-2)48-79-84(71,72)78-44-43-77-63(62(70)76-46-55-39-35-34-36-40-55)45-57(80-52(5)67)59(64-50(3)65)61(83-63)60(82-54(7)69)58(81-53(6)68)49-75-51(4)66/h34-36,39-40,56-61H,8-33,37-38,41-49H2,1-7H3,(H,64,65)(H,71,72)/t56?,57-,58+,59+,60+,61+,63+/m0/s1. The van der Waals surface area contributed by atoms with E-state index in [9.17, 15) is 38.2 Å². The smallest absolute Gasteiger partial charge is 0.462 e. The van der Waals surface area contributed by atoms with Gasteiger partial charge in [-0.1, -0.05) is 211 Å². The first-order valence-corrected chi connectivity index (χ1v) is 33.2. The van der Waals surface area contributed by atoms with Crippen molar-refractivity contribution in [1.29, 1.82) is 0 Å². The minimum absolute atomic E-state index is 0.128. The van der Waals surface area contributed by atoms with Gasteiger partial charge in [-0.05, 0) is 18.4 Å². The number of phosphoric acid groups is 1. The predicted molar refractivity (Wildman–Crippen MR) is 318 cm³/mol. The summed E-state index contributed by atoms with van der Waals surface area (Å²) < 4.78 is 76.9. The van der Waals surface area contributed by atoms with Gasteiger partial charge in [0.1, 0.15) is 31.5 Å². The number of carbonyl (C=O) groups is 6. The number of amides is 1. The van der Waals surface area contributed by atoms with Crippen molar-refractivity contribution in [1.82, 2.24) is 5.32 Å². The lowest BCUT2D eigenvalue weighted by molar-refractivity contribution is -0.316. The lowest BCUT2D eigenvalue weighted by Gasteiger charge is -2.48.